The molecule has 0 bridgehead atoms. The molecule has 25 heavy (non-hydrogen) atoms. The molecule has 0 saturated heterocycles. The van der Waals surface area contributed by atoms with E-state index in [0.717, 1.165) is 0 Å². The first-order valence-corrected chi connectivity index (χ1v) is 8.57. The van der Waals surface area contributed by atoms with Gasteiger partial charge >= 0.3 is 5.97 Å². The molecule has 0 saturated carbocycles. The summed E-state index contributed by atoms with van der Waals surface area (Å²) in [5, 5.41) is 8.21. The molecule has 0 aliphatic carbocycles. The van der Waals surface area contributed by atoms with E-state index in [1.807, 2.05) is 0 Å². The van der Waals surface area contributed by atoms with Crippen molar-refractivity contribution in [2.45, 2.75) is 18.6 Å². The lowest BCUT2D eigenvalue weighted by Gasteiger charge is -2.10. The standard InChI is InChI=1S/C18H15ClO5S/c1-11(20)25-17(18(22)23)10-16(21)12-5-7-14(8-6-12)24-15-4-2-3-13(19)9-15/h2-9,17H,10H2,1H3,(H,22,23). The molecule has 5 nitrogen and oxygen atoms in total. The van der Waals surface area contributed by atoms with E-state index in [4.69, 9.17) is 21.4 Å². The molecule has 130 valence electrons. The van der Waals surface area contributed by atoms with Crippen molar-refractivity contribution in [1.82, 2.24) is 0 Å². The fourth-order valence-electron chi connectivity index (χ4n) is 2.04. The van der Waals surface area contributed by atoms with Crippen molar-refractivity contribution in [3.63, 3.8) is 0 Å². The molecule has 1 unspecified atom stereocenters. The lowest BCUT2D eigenvalue weighted by molar-refractivity contribution is -0.136. The second kappa shape index (κ2) is 8.69. The summed E-state index contributed by atoms with van der Waals surface area (Å²) >= 11 is 6.53. The molecule has 0 spiro atoms. The minimum atomic E-state index is -1.19. The number of halogens is 1. The number of benzene rings is 2. The molecule has 0 heterocycles. The number of aliphatic carboxylic acids is 1. The lowest BCUT2D eigenvalue weighted by atomic mass is 10.1. The van der Waals surface area contributed by atoms with E-state index in [1.165, 1.54) is 6.92 Å². The summed E-state index contributed by atoms with van der Waals surface area (Å²) in [5.74, 6) is -0.452. The summed E-state index contributed by atoms with van der Waals surface area (Å²) in [7, 11) is 0. The average molecular weight is 379 g/mol. The first-order chi connectivity index (χ1) is 11.8. The van der Waals surface area contributed by atoms with Crippen molar-refractivity contribution < 1.29 is 24.2 Å². The van der Waals surface area contributed by atoms with Crippen LogP contribution in [0.4, 0.5) is 0 Å². The zero-order valence-electron chi connectivity index (χ0n) is 13.3. The Balaban J connectivity index is 2.04. The molecule has 0 aromatic heterocycles. The Morgan fingerprint density at radius 2 is 1.80 bits per heavy atom. The summed E-state index contributed by atoms with van der Waals surface area (Å²) in [6.45, 7) is 1.27. The number of hydrogen-bond acceptors (Lipinski definition) is 5. The van der Waals surface area contributed by atoms with E-state index in [2.05, 4.69) is 0 Å². The number of carbonyl (C=O) groups is 3. The number of ketones is 1. The summed E-state index contributed by atoms with van der Waals surface area (Å²) < 4.78 is 5.63. The third kappa shape index (κ3) is 5.92. The molecule has 0 amide bonds. The zero-order valence-corrected chi connectivity index (χ0v) is 14.8. The first kappa shape index (κ1) is 19.0. The van der Waals surface area contributed by atoms with Gasteiger partial charge in [0.05, 0.1) is 0 Å². The highest BCUT2D eigenvalue weighted by Crippen LogP contribution is 2.25. The van der Waals surface area contributed by atoms with Crippen molar-refractivity contribution in [1.29, 1.82) is 0 Å². The minimum absolute atomic E-state index is 0.256. The minimum Gasteiger partial charge on any atom is -0.480 e. The molecule has 0 fully saturated rings. The van der Waals surface area contributed by atoms with E-state index in [9.17, 15) is 14.4 Å². The average Bonchev–Trinajstić information content (AvgIpc) is 2.54. The highest BCUT2D eigenvalue weighted by molar-refractivity contribution is 8.14. The maximum Gasteiger partial charge on any atom is 0.317 e. The quantitative estimate of drug-likeness (QED) is 0.717. The van der Waals surface area contributed by atoms with Gasteiger partial charge in [0.2, 0.25) is 0 Å². The van der Waals surface area contributed by atoms with Gasteiger partial charge < -0.3 is 9.84 Å². The van der Waals surface area contributed by atoms with Crippen LogP contribution in [-0.2, 0) is 9.59 Å². The topological polar surface area (TPSA) is 80.7 Å². The monoisotopic (exact) mass is 378 g/mol. The van der Waals surface area contributed by atoms with Crippen LogP contribution in [0.25, 0.3) is 0 Å². The third-order valence-corrected chi connectivity index (χ3v) is 4.38. The molecule has 1 N–H and O–H groups in total. The van der Waals surface area contributed by atoms with E-state index in [0.29, 0.717) is 33.8 Å². The Labute approximate surface area is 153 Å². The molecular formula is C18H15ClO5S. The van der Waals surface area contributed by atoms with Crippen molar-refractivity contribution in [2.75, 3.05) is 0 Å². The van der Waals surface area contributed by atoms with E-state index < -0.39 is 11.2 Å². The molecule has 1 atom stereocenters. The Hall–Kier alpha value is -2.31. The Kier molecular flexibility index (Phi) is 6.61. The number of Topliss-reactive ketones (excluding diaryl/α,β-unsaturated/α-hetero) is 1. The molecule has 2 rings (SSSR count). The number of carbonyl (C=O) groups excluding carboxylic acids is 2. The molecule has 0 aliphatic heterocycles. The van der Waals surface area contributed by atoms with Crippen LogP contribution in [-0.4, -0.2) is 27.2 Å². The van der Waals surface area contributed by atoms with Crippen molar-refractivity contribution in [2.24, 2.45) is 0 Å². The van der Waals surface area contributed by atoms with Gasteiger partial charge in [0.1, 0.15) is 16.7 Å². The number of carboxylic acid groups (broad SMARTS) is 1. The van der Waals surface area contributed by atoms with Crippen molar-refractivity contribution >= 4 is 40.2 Å². The van der Waals surface area contributed by atoms with Gasteiger partial charge in [-0.05, 0) is 42.5 Å². The Morgan fingerprint density at radius 1 is 1.12 bits per heavy atom. The summed E-state index contributed by atoms with van der Waals surface area (Å²) in [5.41, 5.74) is 0.355. The second-order valence-electron chi connectivity index (χ2n) is 5.15. The van der Waals surface area contributed by atoms with Crippen LogP contribution < -0.4 is 4.74 Å². The number of carboxylic acids is 1. The van der Waals surface area contributed by atoms with E-state index in [-0.39, 0.29) is 17.3 Å². The van der Waals surface area contributed by atoms with Gasteiger partial charge in [-0.25, -0.2) is 0 Å². The molecule has 0 aliphatic rings. The smallest absolute Gasteiger partial charge is 0.317 e. The van der Waals surface area contributed by atoms with Gasteiger partial charge in [-0.3, -0.25) is 14.4 Å². The SMILES string of the molecule is CC(=O)SC(CC(=O)c1ccc(Oc2cccc(Cl)c2)cc1)C(=O)O. The highest BCUT2D eigenvalue weighted by atomic mass is 35.5. The predicted octanol–water partition coefficient (Wildman–Crippen LogP) is 4.44. The van der Waals surface area contributed by atoms with Gasteiger partial charge in [0.25, 0.3) is 0 Å². The molecule has 2 aromatic carbocycles. The third-order valence-electron chi connectivity index (χ3n) is 3.16. The van der Waals surface area contributed by atoms with E-state index in [1.54, 1.807) is 48.5 Å². The maximum atomic E-state index is 12.2. The Bertz CT molecular complexity index is 788. The van der Waals surface area contributed by atoms with E-state index >= 15 is 0 Å². The number of hydrogen-bond donors (Lipinski definition) is 1. The van der Waals surface area contributed by atoms with Gasteiger partial charge in [-0.1, -0.05) is 29.4 Å². The first-order valence-electron chi connectivity index (χ1n) is 7.32. The number of rotatable bonds is 7. The van der Waals surface area contributed by atoms with Crippen molar-refractivity contribution in [3.8, 4) is 11.5 Å². The van der Waals surface area contributed by atoms with Crippen LogP contribution in [0.1, 0.15) is 23.7 Å². The van der Waals surface area contributed by atoms with Crippen LogP contribution in [0.2, 0.25) is 5.02 Å². The molecule has 2 aromatic rings. The van der Waals surface area contributed by atoms with Crippen LogP contribution in [0.15, 0.2) is 48.5 Å². The lowest BCUT2D eigenvalue weighted by Crippen LogP contribution is -2.21. The zero-order chi connectivity index (χ0) is 18.4. The van der Waals surface area contributed by atoms with Crippen LogP contribution in [0, 0.1) is 0 Å². The van der Waals surface area contributed by atoms with Gasteiger partial charge in [0.15, 0.2) is 10.9 Å². The second-order valence-corrected chi connectivity index (χ2v) is 6.96. The van der Waals surface area contributed by atoms with Gasteiger partial charge in [0, 0.05) is 23.9 Å². The highest BCUT2D eigenvalue weighted by Gasteiger charge is 2.24. The fraction of sp³-hybridized carbons (Fsp3) is 0.167. The summed E-state index contributed by atoms with van der Waals surface area (Å²) in [6, 6.07) is 13.2. The van der Waals surface area contributed by atoms with Crippen LogP contribution in [0.5, 0.6) is 11.5 Å². The van der Waals surface area contributed by atoms with Gasteiger partial charge in [-0.15, -0.1) is 0 Å². The molecule has 7 heteroatoms. The summed E-state index contributed by atoms with van der Waals surface area (Å²) in [6.07, 6.45) is -0.256. The van der Waals surface area contributed by atoms with Crippen molar-refractivity contribution in [3.05, 3.63) is 59.1 Å². The largest absolute Gasteiger partial charge is 0.480 e. The Morgan fingerprint density at radius 3 is 2.36 bits per heavy atom. The number of ether oxygens (including phenoxy) is 1. The maximum absolute atomic E-state index is 12.2. The molecule has 0 radical (unpaired) electrons. The van der Waals surface area contributed by atoms with Gasteiger partial charge in [-0.2, -0.15) is 0 Å². The normalized spacial score (nSPS) is 11.6. The fourth-order valence-corrected chi connectivity index (χ4v) is 2.96. The summed E-state index contributed by atoms with van der Waals surface area (Å²) in [4.78, 5) is 34.4. The predicted molar refractivity (Wildman–Crippen MR) is 96.6 cm³/mol. The van der Waals surface area contributed by atoms with Crippen LogP contribution in [0.3, 0.4) is 0 Å². The molecular weight excluding hydrogens is 364 g/mol. The van der Waals surface area contributed by atoms with Crippen LogP contribution >= 0.6 is 23.4 Å². The number of thioether (sulfide) groups is 1.